The maximum Gasteiger partial charge on any atom is 0.335 e. The molecule has 0 aliphatic carbocycles. The van der Waals surface area contributed by atoms with Crippen molar-refractivity contribution in [1.82, 2.24) is 5.32 Å². The molecule has 0 bridgehead atoms. The van der Waals surface area contributed by atoms with Crippen molar-refractivity contribution in [2.24, 2.45) is 0 Å². The molecule has 11 heteroatoms. The Morgan fingerprint density at radius 3 is 2.26 bits per heavy atom. The normalized spacial score (nSPS) is 14.4. The van der Waals surface area contributed by atoms with E-state index in [0.29, 0.717) is 33.8 Å². The van der Waals surface area contributed by atoms with Crippen molar-refractivity contribution in [2.75, 3.05) is 11.5 Å². The van der Waals surface area contributed by atoms with Crippen LogP contribution in [0.15, 0.2) is 75.2 Å². The molecule has 38 heavy (non-hydrogen) atoms. The zero-order chi connectivity index (χ0) is 27.4. The van der Waals surface area contributed by atoms with Crippen LogP contribution >= 0.6 is 31.9 Å². The topological polar surface area (TPSA) is 122 Å². The average molecular weight is 644 g/mol. The summed E-state index contributed by atoms with van der Waals surface area (Å²) in [5.41, 5.74) is 1.45. The molecule has 3 aromatic rings. The van der Waals surface area contributed by atoms with Crippen molar-refractivity contribution in [2.45, 2.75) is 13.5 Å². The third-order valence-corrected chi connectivity index (χ3v) is 6.66. The van der Waals surface area contributed by atoms with E-state index in [1.54, 1.807) is 55.5 Å². The highest BCUT2D eigenvalue weighted by molar-refractivity contribution is 9.10. The van der Waals surface area contributed by atoms with Gasteiger partial charge >= 0.3 is 12.0 Å². The third kappa shape index (κ3) is 5.95. The van der Waals surface area contributed by atoms with Gasteiger partial charge in [0.15, 0.2) is 11.5 Å². The lowest BCUT2D eigenvalue weighted by molar-refractivity contribution is -0.122. The van der Waals surface area contributed by atoms with Crippen LogP contribution in [-0.4, -0.2) is 35.5 Å². The molecule has 1 aliphatic heterocycles. The van der Waals surface area contributed by atoms with Gasteiger partial charge in [-0.1, -0.05) is 44.0 Å². The first-order chi connectivity index (χ1) is 18.2. The third-order valence-electron chi connectivity index (χ3n) is 5.44. The molecule has 0 atom stereocenters. The molecule has 0 unspecified atom stereocenters. The summed E-state index contributed by atoms with van der Waals surface area (Å²) in [6.07, 6.45) is 1.37. The summed E-state index contributed by atoms with van der Waals surface area (Å²) in [5, 5.41) is 11.3. The number of nitrogens with one attached hydrogen (secondary N) is 1. The summed E-state index contributed by atoms with van der Waals surface area (Å²) in [7, 11) is 0. The number of carbonyl (C=O) groups excluding carboxylic acids is 3. The molecule has 9 nitrogen and oxygen atoms in total. The molecule has 1 heterocycles. The first-order valence-electron chi connectivity index (χ1n) is 11.3. The van der Waals surface area contributed by atoms with Gasteiger partial charge in [0.05, 0.1) is 17.9 Å². The Labute approximate surface area is 234 Å². The van der Waals surface area contributed by atoms with Crippen LogP contribution in [0.3, 0.4) is 0 Å². The quantitative estimate of drug-likeness (QED) is 0.244. The van der Waals surface area contributed by atoms with Crippen LogP contribution in [-0.2, 0) is 16.2 Å². The molecular formula is C27H20Br2N2O7. The van der Waals surface area contributed by atoms with Gasteiger partial charge in [-0.3, -0.25) is 14.9 Å². The average Bonchev–Trinajstić information content (AvgIpc) is 2.88. The summed E-state index contributed by atoms with van der Waals surface area (Å²) in [4.78, 5) is 50.2. The van der Waals surface area contributed by atoms with Gasteiger partial charge in [0.25, 0.3) is 11.8 Å². The van der Waals surface area contributed by atoms with Gasteiger partial charge in [-0.15, -0.1) is 0 Å². The molecule has 0 spiro atoms. The van der Waals surface area contributed by atoms with Crippen LogP contribution < -0.4 is 19.7 Å². The van der Waals surface area contributed by atoms with Crippen LogP contribution in [0.4, 0.5) is 10.5 Å². The number of imide groups is 2. The number of hydrogen-bond donors (Lipinski definition) is 2. The lowest BCUT2D eigenvalue weighted by atomic mass is 10.1. The van der Waals surface area contributed by atoms with Gasteiger partial charge in [0, 0.05) is 8.95 Å². The zero-order valence-corrected chi connectivity index (χ0v) is 23.0. The highest BCUT2D eigenvalue weighted by Crippen LogP contribution is 2.36. The van der Waals surface area contributed by atoms with E-state index in [1.165, 1.54) is 18.2 Å². The second kappa shape index (κ2) is 11.6. The van der Waals surface area contributed by atoms with Gasteiger partial charge in [-0.05, 0) is 72.7 Å². The standard InChI is InChI=1S/C27H20Br2N2O7/c1-2-37-22-12-17(21(29)13-23(22)38-14-15-3-5-16(6-4-15)26(34)35)11-20-24(32)30-27(36)31(25(20)33)19-9-7-18(28)8-10-19/h3-13H,2,14H2,1H3,(H,34,35)(H,30,32,36)/b20-11+. The Morgan fingerprint density at radius 2 is 1.63 bits per heavy atom. The van der Waals surface area contributed by atoms with Crippen LogP contribution in [0.1, 0.15) is 28.4 Å². The van der Waals surface area contributed by atoms with Crippen LogP contribution in [0, 0.1) is 0 Å². The number of rotatable bonds is 8. The fourth-order valence-corrected chi connectivity index (χ4v) is 4.29. The van der Waals surface area contributed by atoms with E-state index in [2.05, 4.69) is 37.2 Å². The first kappa shape index (κ1) is 27.1. The number of nitrogens with zero attached hydrogens (tertiary/aromatic N) is 1. The predicted molar refractivity (Wildman–Crippen MR) is 146 cm³/mol. The molecule has 1 fully saturated rings. The highest BCUT2D eigenvalue weighted by Gasteiger charge is 2.37. The van der Waals surface area contributed by atoms with Crippen LogP contribution in [0.5, 0.6) is 11.5 Å². The number of carboxylic acid groups (broad SMARTS) is 1. The summed E-state index contributed by atoms with van der Waals surface area (Å²) in [6, 6.07) is 15.2. The molecule has 1 aliphatic rings. The molecule has 4 amide bonds. The van der Waals surface area contributed by atoms with Crippen molar-refractivity contribution < 1.29 is 33.8 Å². The summed E-state index contributed by atoms with van der Waals surface area (Å²) in [6.45, 7) is 2.28. The highest BCUT2D eigenvalue weighted by atomic mass is 79.9. The fourth-order valence-electron chi connectivity index (χ4n) is 3.58. The predicted octanol–water partition coefficient (Wildman–Crippen LogP) is 5.55. The van der Waals surface area contributed by atoms with Crippen molar-refractivity contribution in [1.29, 1.82) is 0 Å². The molecule has 4 rings (SSSR count). The maximum atomic E-state index is 13.2. The number of carboxylic acids is 1. The SMILES string of the molecule is CCOc1cc(/C=C2\C(=O)NC(=O)N(c3ccc(Br)cc3)C2=O)c(Br)cc1OCc1ccc(C(=O)O)cc1. The Bertz CT molecular complexity index is 1450. The number of urea groups is 1. The monoisotopic (exact) mass is 642 g/mol. The van der Waals surface area contributed by atoms with Gasteiger partial charge in [0.1, 0.15) is 12.2 Å². The lowest BCUT2D eigenvalue weighted by Crippen LogP contribution is -2.54. The molecule has 3 aromatic carbocycles. The number of barbiturate groups is 1. The van der Waals surface area contributed by atoms with Crippen molar-refractivity contribution in [3.8, 4) is 11.5 Å². The largest absolute Gasteiger partial charge is 0.490 e. The van der Waals surface area contributed by atoms with E-state index in [1.807, 2.05) is 0 Å². The number of anilines is 1. The van der Waals surface area contributed by atoms with Gasteiger partial charge in [-0.2, -0.15) is 0 Å². The van der Waals surface area contributed by atoms with Crippen LogP contribution in [0.25, 0.3) is 6.08 Å². The van der Waals surface area contributed by atoms with E-state index in [0.717, 1.165) is 14.9 Å². The van der Waals surface area contributed by atoms with E-state index < -0.39 is 23.8 Å². The minimum atomic E-state index is -1.01. The number of halogens is 2. The molecule has 1 saturated heterocycles. The lowest BCUT2D eigenvalue weighted by Gasteiger charge is -2.26. The second-order valence-electron chi connectivity index (χ2n) is 7.98. The minimum absolute atomic E-state index is 0.151. The van der Waals surface area contributed by atoms with E-state index in [9.17, 15) is 19.2 Å². The summed E-state index contributed by atoms with van der Waals surface area (Å²) in [5.74, 6) is -1.83. The zero-order valence-electron chi connectivity index (χ0n) is 19.9. The Balaban J connectivity index is 1.62. The second-order valence-corrected chi connectivity index (χ2v) is 9.75. The number of amides is 4. The molecule has 0 aromatic heterocycles. The van der Waals surface area contributed by atoms with Gasteiger partial charge in [-0.25, -0.2) is 14.5 Å². The maximum absolute atomic E-state index is 13.2. The van der Waals surface area contributed by atoms with Crippen molar-refractivity contribution in [3.63, 3.8) is 0 Å². The first-order valence-corrected chi connectivity index (χ1v) is 12.8. The van der Waals surface area contributed by atoms with Gasteiger partial charge < -0.3 is 14.6 Å². The number of benzene rings is 3. The van der Waals surface area contributed by atoms with E-state index >= 15 is 0 Å². The summed E-state index contributed by atoms with van der Waals surface area (Å²) < 4.78 is 12.9. The number of hydrogen-bond acceptors (Lipinski definition) is 6. The number of carbonyl (C=O) groups is 4. The Kier molecular flexibility index (Phi) is 8.28. The molecule has 0 saturated carbocycles. The molecule has 0 radical (unpaired) electrons. The Hall–Kier alpha value is -3.96. The fraction of sp³-hybridized carbons (Fsp3) is 0.111. The minimum Gasteiger partial charge on any atom is -0.490 e. The van der Waals surface area contributed by atoms with E-state index in [4.69, 9.17) is 14.6 Å². The van der Waals surface area contributed by atoms with Gasteiger partial charge in [0.2, 0.25) is 0 Å². The number of aromatic carboxylic acids is 1. The molecular weight excluding hydrogens is 624 g/mol. The summed E-state index contributed by atoms with van der Waals surface area (Å²) >= 11 is 6.77. The number of ether oxygens (including phenoxy) is 2. The Morgan fingerprint density at radius 1 is 0.974 bits per heavy atom. The molecule has 194 valence electrons. The molecule has 2 N–H and O–H groups in total. The van der Waals surface area contributed by atoms with Crippen molar-refractivity contribution >= 4 is 67.4 Å². The smallest absolute Gasteiger partial charge is 0.335 e. The van der Waals surface area contributed by atoms with E-state index in [-0.39, 0.29) is 17.7 Å². The van der Waals surface area contributed by atoms with Crippen LogP contribution in [0.2, 0.25) is 0 Å². The van der Waals surface area contributed by atoms with Crippen molar-refractivity contribution in [3.05, 3.63) is 91.9 Å².